The number of Topliss-reactive ketones (excluding diaryl/α,β-unsaturated/α-hetero) is 1. The van der Waals surface area contributed by atoms with Crippen LogP contribution in [0.4, 0.5) is 11.4 Å². The number of methoxy groups -OCH3 is 1. The summed E-state index contributed by atoms with van der Waals surface area (Å²) in [5.74, 6) is 1.19. The number of ketones is 1. The maximum Gasteiger partial charge on any atom is 0.162 e. The van der Waals surface area contributed by atoms with Gasteiger partial charge in [0.1, 0.15) is 5.75 Å². The molecule has 6 heteroatoms. The van der Waals surface area contributed by atoms with Crippen molar-refractivity contribution < 1.29 is 9.53 Å². The predicted octanol–water partition coefficient (Wildman–Crippen LogP) is 4.67. The zero-order valence-electron chi connectivity index (χ0n) is 17.9. The van der Waals surface area contributed by atoms with Crippen LogP contribution in [0.15, 0.2) is 42.5 Å². The number of unbranched alkanes of at least 4 members (excludes halogenated alkanes) is 1. The van der Waals surface area contributed by atoms with E-state index in [0.717, 1.165) is 55.0 Å². The fourth-order valence-corrected chi connectivity index (χ4v) is 4.48. The van der Waals surface area contributed by atoms with Gasteiger partial charge in [0.2, 0.25) is 0 Å². The molecule has 3 rings (SSSR count). The highest BCUT2D eigenvalue weighted by molar-refractivity contribution is 8.02. The summed E-state index contributed by atoms with van der Waals surface area (Å²) in [6.45, 7) is 1.98. The van der Waals surface area contributed by atoms with Crippen molar-refractivity contribution in [3.8, 4) is 5.75 Å². The second kappa shape index (κ2) is 10.0. The monoisotopic (exact) mass is 413 g/mol. The summed E-state index contributed by atoms with van der Waals surface area (Å²) in [4.78, 5) is 14.9. The van der Waals surface area contributed by atoms with Gasteiger partial charge in [0.05, 0.1) is 30.6 Å². The van der Waals surface area contributed by atoms with Gasteiger partial charge in [-0.05, 0) is 62.7 Å². The van der Waals surface area contributed by atoms with Crippen molar-refractivity contribution >= 4 is 29.3 Å². The molecule has 1 heterocycles. The molecule has 1 aliphatic heterocycles. The molecule has 0 amide bonds. The number of para-hydroxylation sites is 1. The van der Waals surface area contributed by atoms with Crippen LogP contribution in [0.3, 0.4) is 0 Å². The zero-order chi connectivity index (χ0) is 20.8. The van der Waals surface area contributed by atoms with E-state index in [4.69, 9.17) is 4.74 Å². The van der Waals surface area contributed by atoms with Gasteiger partial charge in [0, 0.05) is 32.6 Å². The number of carbonyl (C=O) groups is 1. The summed E-state index contributed by atoms with van der Waals surface area (Å²) >= 11 is 1.64. The number of ether oxygens (including phenoxy) is 1. The molecule has 0 fully saturated rings. The third kappa shape index (κ3) is 5.46. The number of hydrogen-bond donors (Lipinski definition) is 0. The van der Waals surface area contributed by atoms with Gasteiger partial charge in [0.25, 0.3) is 0 Å². The van der Waals surface area contributed by atoms with Gasteiger partial charge in [0.15, 0.2) is 5.78 Å². The Morgan fingerprint density at radius 2 is 1.79 bits per heavy atom. The molecule has 5 nitrogen and oxygen atoms in total. The van der Waals surface area contributed by atoms with E-state index in [0.29, 0.717) is 6.42 Å². The van der Waals surface area contributed by atoms with E-state index in [1.807, 2.05) is 44.4 Å². The van der Waals surface area contributed by atoms with Gasteiger partial charge in [-0.2, -0.15) is 0 Å². The Labute approximate surface area is 178 Å². The predicted molar refractivity (Wildman–Crippen MR) is 123 cm³/mol. The van der Waals surface area contributed by atoms with Gasteiger partial charge in [-0.3, -0.25) is 13.4 Å². The molecule has 0 saturated carbocycles. The third-order valence-electron chi connectivity index (χ3n) is 5.37. The van der Waals surface area contributed by atoms with E-state index < -0.39 is 0 Å². The van der Waals surface area contributed by atoms with Gasteiger partial charge in [-0.1, -0.05) is 18.2 Å². The van der Waals surface area contributed by atoms with Gasteiger partial charge >= 0.3 is 0 Å². The number of anilines is 2. The van der Waals surface area contributed by atoms with Crippen LogP contribution in [0.1, 0.15) is 35.2 Å². The van der Waals surface area contributed by atoms with Crippen LogP contribution in [-0.2, 0) is 6.42 Å². The van der Waals surface area contributed by atoms with Crippen molar-refractivity contribution in [1.29, 1.82) is 0 Å². The largest absolute Gasteiger partial charge is 0.496 e. The highest BCUT2D eigenvalue weighted by atomic mass is 32.2. The number of fused-ring (bicyclic) bond motifs is 1. The van der Waals surface area contributed by atoms with Crippen molar-refractivity contribution in [2.24, 2.45) is 0 Å². The molecule has 0 bridgehead atoms. The Hall–Kier alpha value is -2.18. The van der Waals surface area contributed by atoms with Crippen LogP contribution in [0.25, 0.3) is 0 Å². The fraction of sp³-hybridized carbons (Fsp3) is 0.435. The van der Waals surface area contributed by atoms with E-state index in [2.05, 4.69) is 32.7 Å². The molecule has 29 heavy (non-hydrogen) atoms. The summed E-state index contributed by atoms with van der Waals surface area (Å²) in [6, 6.07) is 14.2. The lowest BCUT2D eigenvalue weighted by Gasteiger charge is -2.17. The lowest BCUT2D eigenvalue weighted by molar-refractivity contribution is 0.0978. The van der Waals surface area contributed by atoms with Crippen LogP contribution < -0.4 is 13.3 Å². The molecular weight excluding hydrogens is 382 g/mol. The average Bonchev–Trinajstić information content (AvgIpc) is 3.02. The third-order valence-corrected chi connectivity index (χ3v) is 6.25. The molecule has 0 unspecified atom stereocenters. The molecular formula is C23H31N3O2S. The number of hydrogen-bond acceptors (Lipinski definition) is 6. The summed E-state index contributed by atoms with van der Waals surface area (Å²) < 4.78 is 9.64. The van der Waals surface area contributed by atoms with E-state index in [-0.39, 0.29) is 5.78 Å². The quantitative estimate of drug-likeness (QED) is 0.320. The first-order valence-electron chi connectivity index (χ1n) is 10.1. The zero-order valence-corrected chi connectivity index (χ0v) is 18.7. The molecule has 0 atom stereocenters. The maximum atomic E-state index is 12.6. The molecule has 0 radical (unpaired) electrons. The molecule has 0 aromatic heterocycles. The van der Waals surface area contributed by atoms with Crippen LogP contribution in [-0.4, -0.2) is 52.0 Å². The normalized spacial score (nSPS) is 13.1. The lowest BCUT2D eigenvalue weighted by Crippen LogP contribution is -2.22. The number of benzene rings is 2. The molecule has 0 aliphatic carbocycles. The molecule has 2 aromatic carbocycles. The maximum absolute atomic E-state index is 12.6. The number of rotatable bonds is 10. The van der Waals surface area contributed by atoms with E-state index in [1.165, 1.54) is 5.56 Å². The first-order chi connectivity index (χ1) is 14.0. The molecule has 2 aromatic rings. The first kappa shape index (κ1) is 21.5. The second-order valence-electron chi connectivity index (χ2n) is 7.53. The highest BCUT2D eigenvalue weighted by Gasteiger charge is 2.23. The Kier molecular flexibility index (Phi) is 7.45. The Morgan fingerprint density at radius 3 is 2.59 bits per heavy atom. The minimum atomic E-state index is 0.234. The number of carbonyl (C=O) groups excluding carboxylic acids is 1. The lowest BCUT2D eigenvalue weighted by atomic mass is 10.0. The molecule has 0 N–H and O–H groups in total. The minimum Gasteiger partial charge on any atom is -0.496 e. The topological polar surface area (TPSA) is 36.0 Å². The van der Waals surface area contributed by atoms with Gasteiger partial charge in [-0.15, -0.1) is 0 Å². The summed E-state index contributed by atoms with van der Waals surface area (Å²) in [5, 5.41) is 0. The van der Waals surface area contributed by atoms with Crippen LogP contribution >= 0.6 is 12.1 Å². The van der Waals surface area contributed by atoms with Crippen molar-refractivity contribution in [3.63, 3.8) is 0 Å². The SMILES string of the molecule is COc1ccccc1CCN(C)CCCCC(=O)c1ccc2c(c1)N(C)SN2C. The molecule has 1 aliphatic rings. The van der Waals surface area contributed by atoms with Crippen LogP contribution in [0, 0.1) is 0 Å². The fourth-order valence-electron chi connectivity index (χ4n) is 3.63. The van der Waals surface area contributed by atoms with E-state index >= 15 is 0 Å². The standard InChI is InChI=1S/C23H31N3O2S/c1-24(16-14-18-9-5-6-11-23(18)28-4)15-8-7-10-22(27)19-12-13-20-21(17-19)26(3)29-25(20)2/h5-6,9,11-13,17H,7-8,10,14-16H2,1-4H3. The average molecular weight is 414 g/mol. The van der Waals surface area contributed by atoms with E-state index in [9.17, 15) is 4.79 Å². The Balaban J connectivity index is 1.40. The van der Waals surface area contributed by atoms with Gasteiger partial charge in [-0.25, -0.2) is 0 Å². The molecule has 0 saturated heterocycles. The van der Waals surface area contributed by atoms with E-state index in [1.54, 1.807) is 19.2 Å². The van der Waals surface area contributed by atoms with Crippen molar-refractivity contribution in [2.45, 2.75) is 25.7 Å². The molecule has 156 valence electrons. The van der Waals surface area contributed by atoms with Crippen molar-refractivity contribution in [3.05, 3.63) is 53.6 Å². The van der Waals surface area contributed by atoms with Crippen molar-refractivity contribution in [1.82, 2.24) is 4.90 Å². The Morgan fingerprint density at radius 1 is 1.03 bits per heavy atom. The summed E-state index contributed by atoms with van der Waals surface area (Å²) in [5.41, 5.74) is 4.32. The summed E-state index contributed by atoms with van der Waals surface area (Å²) in [6.07, 6.45) is 3.51. The van der Waals surface area contributed by atoms with Crippen LogP contribution in [0.2, 0.25) is 0 Å². The molecule has 0 spiro atoms. The number of nitrogens with zero attached hydrogens (tertiary/aromatic N) is 3. The van der Waals surface area contributed by atoms with Crippen molar-refractivity contribution in [2.75, 3.05) is 50.0 Å². The minimum absolute atomic E-state index is 0.234. The van der Waals surface area contributed by atoms with Gasteiger partial charge < -0.3 is 9.64 Å². The first-order valence-corrected chi connectivity index (χ1v) is 10.9. The Bertz CT molecular complexity index is 843. The smallest absolute Gasteiger partial charge is 0.162 e. The van der Waals surface area contributed by atoms with Crippen LogP contribution in [0.5, 0.6) is 5.75 Å². The summed E-state index contributed by atoms with van der Waals surface area (Å²) in [7, 11) is 7.93. The number of likely N-dealkylation sites (N-methyl/N-ethyl adjacent to an activating group) is 1. The second-order valence-corrected chi connectivity index (χ2v) is 8.78. The highest BCUT2D eigenvalue weighted by Crippen LogP contribution is 2.42.